The number of hydrogen-bond donors (Lipinski definition) is 3. The first-order chi connectivity index (χ1) is 15.4. The van der Waals surface area contributed by atoms with Crippen LogP contribution in [0, 0.1) is 0 Å². The smallest absolute Gasteiger partial charge is 0.251 e. The lowest BCUT2D eigenvalue weighted by Crippen LogP contribution is -2.26. The lowest BCUT2D eigenvalue weighted by Gasteiger charge is -2.14. The maximum Gasteiger partial charge on any atom is 0.251 e. The number of pyridine rings is 1. The van der Waals surface area contributed by atoms with E-state index in [1.807, 2.05) is 37.3 Å². The van der Waals surface area contributed by atoms with Gasteiger partial charge in [-0.3, -0.25) is 4.79 Å². The Morgan fingerprint density at radius 2 is 1.91 bits per heavy atom. The number of benzene rings is 2. The standard InChI is InChI=1S/C24H24ClN5O2/c1-2-15-3-4-17(18-10-12-30-22(14-18)28-24(26)29-30)13-20(15)23(32)27-11-9-21(31)16-5-7-19(25)8-6-16/h3-8,10,12-14,21,31H,2,9,11H2,1H3,(H2,26,29)(H,27,32). The molecule has 8 heteroatoms. The summed E-state index contributed by atoms with van der Waals surface area (Å²) in [6, 6.07) is 16.7. The fraction of sp³-hybridized carbons (Fsp3) is 0.208. The molecule has 0 radical (unpaired) electrons. The number of aryl methyl sites for hydroxylation is 1. The van der Waals surface area contributed by atoms with Gasteiger partial charge in [0.1, 0.15) is 0 Å². The predicted molar refractivity (Wildman–Crippen MR) is 126 cm³/mol. The number of nitrogen functional groups attached to an aromatic ring is 1. The first kappa shape index (κ1) is 21.8. The average Bonchev–Trinajstić information content (AvgIpc) is 3.18. The molecule has 1 unspecified atom stereocenters. The molecule has 2 aromatic heterocycles. The van der Waals surface area contributed by atoms with Crippen molar-refractivity contribution in [1.82, 2.24) is 19.9 Å². The highest BCUT2D eigenvalue weighted by Crippen LogP contribution is 2.25. The Morgan fingerprint density at radius 1 is 1.16 bits per heavy atom. The van der Waals surface area contributed by atoms with Gasteiger partial charge in [0.2, 0.25) is 5.95 Å². The number of aliphatic hydroxyl groups is 1. The lowest BCUT2D eigenvalue weighted by molar-refractivity contribution is 0.0942. The molecule has 0 aliphatic rings. The molecule has 4 rings (SSSR count). The molecule has 164 valence electrons. The van der Waals surface area contributed by atoms with Crippen molar-refractivity contribution in [2.45, 2.75) is 25.9 Å². The van der Waals surface area contributed by atoms with Crippen LogP contribution in [0.2, 0.25) is 5.02 Å². The molecule has 4 N–H and O–H groups in total. The van der Waals surface area contributed by atoms with Gasteiger partial charge in [-0.1, -0.05) is 42.8 Å². The minimum Gasteiger partial charge on any atom is -0.388 e. The Balaban J connectivity index is 1.48. The van der Waals surface area contributed by atoms with E-state index in [4.69, 9.17) is 17.3 Å². The molecule has 1 amide bonds. The second kappa shape index (κ2) is 9.38. The number of fused-ring (bicyclic) bond motifs is 1. The highest BCUT2D eigenvalue weighted by molar-refractivity contribution is 6.30. The third-order valence-electron chi connectivity index (χ3n) is 5.38. The van der Waals surface area contributed by atoms with Gasteiger partial charge >= 0.3 is 0 Å². The van der Waals surface area contributed by atoms with Crippen LogP contribution in [0.25, 0.3) is 16.8 Å². The number of amides is 1. The minimum absolute atomic E-state index is 0.167. The summed E-state index contributed by atoms with van der Waals surface area (Å²) < 4.78 is 1.61. The Kier molecular flexibility index (Phi) is 6.39. The third kappa shape index (κ3) is 4.74. The lowest BCUT2D eigenvalue weighted by atomic mass is 9.97. The van der Waals surface area contributed by atoms with Crippen LogP contribution in [0.1, 0.15) is 40.9 Å². The first-order valence-electron chi connectivity index (χ1n) is 10.4. The summed E-state index contributed by atoms with van der Waals surface area (Å²) in [4.78, 5) is 17.1. The van der Waals surface area contributed by atoms with Crippen LogP contribution in [0.15, 0.2) is 60.8 Å². The maximum absolute atomic E-state index is 12.9. The van der Waals surface area contributed by atoms with E-state index in [-0.39, 0.29) is 11.9 Å². The Hall–Kier alpha value is -3.42. The molecular formula is C24H24ClN5O2. The van der Waals surface area contributed by atoms with Crippen LogP contribution < -0.4 is 11.1 Å². The highest BCUT2D eigenvalue weighted by atomic mass is 35.5. The van der Waals surface area contributed by atoms with E-state index in [0.717, 1.165) is 28.7 Å². The van der Waals surface area contributed by atoms with E-state index >= 15 is 0 Å². The molecule has 0 fully saturated rings. The van der Waals surface area contributed by atoms with E-state index in [0.29, 0.717) is 29.2 Å². The van der Waals surface area contributed by atoms with Crippen LogP contribution >= 0.6 is 11.6 Å². The Labute approximate surface area is 190 Å². The summed E-state index contributed by atoms with van der Waals surface area (Å²) in [5.74, 6) is 0.0455. The van der Waals surface area contributed by atoms with Crippen molar-refractivity contribution in [2.75, 3.05) is 12.3 Å². The summed E-state index contributed by atoms with van der Waals surface area (Å²) in [5.41, 5.74) is 10.5. The van der Waals surface area contributed by atoms with Gasteiger partial charge in [-0.2, -0.15) is 4.98 Å². The molecule has 32 heavy (non-hydrogen) atoms. The first-order valence-corrected chi connectivity index (χ1v) is 10.8. The zero-order chi connectivity index (χ0) is 22.7. The van der Waals surface area contributed by atoms with Crippen molar-refractivity contribution in [3.63, 3.8) is 0 Å². The predicted octanol–water partition coefficient (Wildman–Crippen LogP) is 4.05. The molecule has 2 heterocycles. The Morgan fingerprint density at radius 3 is 2.66 bits per heavy atom. The quantitative estimate of drug-likeness (QED) is 0.394. The van der Waals surface area contributed by atoms with Gasteiger partial charge < -0.3 is 16.2 Å². The molecule has 0 bridgehead atoms. The molecule has 4 aromatic rings. The van der Waals surface area contributed by atoms with E-state index in [1.165, 1.54) is 0 Å². The number of rotatable bonds is 7. The number of anilines is 1. The zero-order valence-corrected chi connectivity index (χ0v) is 18.4. The molecule has 0 aliphatic carbocycles. The third-order valence-corrected chi connectivity index (χ3v) is 5.63. The number of nitrogens with one attached hydrogen (secondary N) is 1. The molecule has 2 aromatic carbocycles. The number of hydrogen-bond acceptors (Lipinski definition) is 5. The van der Waals surface area contributed by atoms with E-state index in [9.17, 15) is 9.90 Å². The normalized spacial score (nSPS) is 12.1. The zero-order valence-electron chi connectivity index (χ0n) is 17.6. The molecule has 0 spiro atoms. The highest BCUT2D eigenvalue weighted by Gasteiger charge is 2.14. The topological polar surface area (TPSA) is 106 Å². The summed E-state index contributed by atoms with van der Waals surface area (Å²) in [7, 11) is 0. The summed E-state index contributed by atoms with van der Waals surface area (Å²) in [5, 5.41) is 18.0. The van der Waals surface area contributed by atoms with Crippen LogP contribution in [0.4, 0.5) is 5.95 Å². The van der Waals surface area contributed by atoms with Crippen LogP contribution in [0.3, 0.4) is 0 Å². The molecule has 0 aliphatic heterocycles. The molecule has 0 saturated heterocycles. The summed E-state index contributed by atoms with van der Waals surface area (Å²) in [6.45, 7) is 2.36. The number of nitrogens with zero attached hydrogens (tertiary/aromatic N) is 3. The van der Waals surface area contributed by atoms with E-state index in [1.54, 1.807) is 35.0 Å². The van der Waals surface area contributed by atoms with Crippen molar-refractivity contribution in [3.05, 3.63) is 82.5 Å². The van der Waals surface area contributed by atoms with Crippen LogP contribution in [-0.2, 0) is 6.42 Å². The van der Waals surface area contributed by atoms with Gasteiger partial charge in [0.25, 0.3) is 5.91 Å². The fourth-order valence-corrected chi connectivity index (χ4v) is 3.75. The van der Waals surface area contributed by atoms with Gasteiger partial charge in [-0.15, -0.1) is 5.10 Å². The van der Waals surface area contributed by atoms with Gasteiger partial charge in [-0.05, 0) is 65.4 Å². The van der Waals surface area contributed by atoms with Gasteiger partial charge in [0.05, 0.1) is 6.10 Å². The molecule has 0 saturated carbocycles. The van der Waals surface area contributed by atoms with Crippen LogP contribution in [0.5, 0.6) is 0 Å². The number of halogens is 1. The number of nitrogens with two attached hydrogens (primary N) is 1. The number of carbonyl (C=O) groups excluding carboxylic acids is 1. The monoisotopic (exact) mass is 449 g/mol. The van der Waals surface area contributed by atoms with Crippen molar-refractivity contribution in [1.29, 1.82) is 0 Å². The number of carbonyl (C=O) groups is 1. The van der Waals surface area contributed by atoms with Gasteiger partial charge in [-0.25, -0.2) is 4.52 Å². The van der Waals surface area contributed by atoms with Gasteiger partial charge in [0, 0.05) is 23.3 Å². The number of aliphatic hydroxyl groups excluding tert-OH is 1. The van der Waals surface area contributed by atoms with Crippen LogP contribution in [-0.4, -0.2) is 32.2 Å². The minimum atomic E-state index is -0.674. The summed E-state index contributed by atoms with van der Waals surface area (Å²) in [6.07, 6.45) is 2.25. The van der Waals surface area contributed by atoms with Crippen molar-refractivity contribution >= 4 is 29.1 Å². The van der Waals surface area contributed by atoms with Crippen molar-refractivity contribution < 1.29 is 9.90 Å². The fourth-order valence-electron chi connectivity index (χ4n) is 3.62. The maximum atomic E-state index is 12.9. The Bertz CT molecular complexity index is 1250. The second-order valence-electron chi connectivity index (χ2n) is 7.53. The molecule has 7 nitrogen and oxygen atoms in total. The second-order valence-corrected chi connectivity index (χ2v) is 7.96. The largest absolute Gasteiger partial charge is 0.388 e. The van der Waals surface area contributed by atoms with Crippen molar-refractivity contribution in [3.8, 4) is 11.1 Å². The molecule has 1 atom stereocenters. The van der Waals surface area contributed by atoms with E-state index in [2.05, 4.69) is 15.4 Å². The SMILES string of the molecule is CCc1ccc(-c2ccn3nc(N)nc3c2)cc1C(=O)NCCC(O)c1ccc(Cl)cc1. The summed E-state index contributed by atoms with van der Waals surface area (Å²) >= 11 is 5.89. The van der Waals surface area contributed by atoms with Crippen molar-refractivity contribution in [2.24, 2.45) is 0 Å². The molecular weight excluding hydrogens is 426 g/mol. The van der Waals surface area contributed by atoms with Gasteiger partial charge in [0.15, 0.2) is 5.65 Å². The average molecular weight is 450 g/mol. The van der Waals surface area contributed by atoms with E-state index < -0.39 is 6.10 Å². The number of aromatic nitrogens is 3.